The SMILES string of the molecule is O=C(NCc1ccccc1)c1cccnc1O[C@H]1C[C@@H]2CC[C@H]1C2. The molecule has 4 heteroatoms. The van der Waals surface area contributed by atoms with Gasteiger partial charge in [0.2, 0.25) is 5.88 Å². The molecule has 1 aromatic heterocycles. The van der Waals surface area contributed by atoms with Crippen molar-refractivity contribution in [2.24, 2.45) is 11.8 Å². The number of nitrogens with zero attached hydrogens (tertiary/aromatic N) is 1. The number of ether oxygens (including phenoxy) is 1. The molecule has 0 aliphatic heterocycles. The van der Waals surface area contributed by atoms with E-state index in [1.165, 1.54) is 19.3 Å². The lowest BCUT2D eigenvalue weighted by molar-refractivity contribution is 0.0930. The molecule has 24 heavy (non-hydrogen) atoms. The molecule has 0 spiro atoms. The Morgan fingerprint density at radius 2 is 2.00 bits per heavy atom. The van der Waals surface area contributed by atoms with E-state index < -0.39 is 0 Å². The van der Waals surface area contributed by atoms with E-state index in [1.54, 1.807) is 18.3 Å². The zero-order chi connectivity index (χ0) is 16.4. The Balaban J connectivity index is 1.44. The maximum Gasteiger partial charge on any atom is 0.257 e. The molecule has 4 rings (SSSR count). The molecule has 2 aliphatic carbocycles. The number of amides is 1. The summed E-state index contributed by atoms with van der Waals surface area (Å²) < 4.78 is 6.14. The van der Waals surface area contributed by atoms with Crippen LogP contribution in [0, 0.1) is 11.8 Å². The van der Waals surface area contributed by atoms with Crippen molar-refractivity contribution in [3.8, 4) is 5.88 Å². The highest BCUT2D eigenvalue weighted by molar-refractivity contribution is 5.96. The van der Waals surface area contributed by atoms with Crippen LogP contribution in [-0.2, 0) is 6.54 Å². The Labute approximate surface area is 142 Å². The van der Waals surface area contributed by atoms with Gasteiger partial charge in [-0.1, -0.05) is 30.3 Å². The summed E-state index contributed by atoms with van der Waals surface area (Å²) in [5.74, 6) is 1.78. The van der Waals surface area contributed by atoms with Crippen LogP contribution in [0.3, 0.4) is 0 Å². The number of carbonyl (C=O) groups excluding carboxylic acids is 1. The predicted octanol–water partition coefficient (Wildman–Crippen LogP) is 3.58. The van der Waals surface area contributed by atoms with Crippen molar-refractivity contribution in [2.75, 3.05) is 0 Å². The van der Waals surface area contributed by atoms with E-state index in [9.17, 15) is 4.79 Å². The molecule has 2 fully saturated rings. The summed E-state index contributed by atoms with van der Waals surface area (Å²) in [6.07, 6.45) is 6.87. The number of aromatic nitrogens is 1. The Morgan fingerprint density at radius 1 is 1.12 bits per heavy atom. The number of carbonyl (C=O) groups is 1. The second-order valence-electron chi connectivity index (χ2n) is 6.86. The van der Waals surface area contributed by atoms with E-state index in [2.05, 4.69) is 10.3 Å². The molecule has 1 amide bonds. The van der Waals surface area contributed by atoms with Gasteiger partial charge in [0.1, 0.15) is 11.7 Å². The maximum absolute atomic E-state index is 12.5. The Bertz CT molecular complexity index is 717. The average molecular weight is 322 g/mol. The summed E-state index contributed by atoms with van der Waals surface area (Å²) in [6.45, 7) is 0.502. The smallest absolute Gasteiger partial charge is 0.257 e. The summed E-state index contributed by atoms with van der Waals surface area (Å²) in [5.41, 5.74) is 1.60. The molecule has 1 heterocycles. The normalized spacial score (nSPS) is 24.8. The molecule has 2 saturated carbocycles. The fraction of sp³-hybridized carbons (Fsp3) is 0.400. The maximum atomic E-state index is 12.5. The van der Waals surface area contributed by atoms with E-state index in [1.807, 2.05) is 30.3 Å². The Hall–Kier alpha value is -2.36. The molecule has 2 bridgehead atoms. The van der Waals surface area contributed by atoms with Crippen LogP contribution >= 0.6 is 0 Å². The minimum Gasteiger partial charge on any atom is -0.473 e. The standard InChI is InChI=1S/C20H22N2O2/c23-19(22-13-14-5-2-1-3-6-14)17-7-4-10-21-20(17)24-18-12-15-8-9-16(18)11-15/h1-7,10,15-16,18H,8-9,11-13H2,(H,22,23)/t15-,16+,18+/m1/s1. The third kappa shape index (κ3) is 3.14. The average Bonchev–Trinajstić information content (AvgIpc) is 3.24. The van der Waals surface area contributed by atoms with Crippen LogP contribution in [-0.4, -0.2) is 17.0 Å². The number of nitrogens with one attached hydrogen (secondary N) is 1. The van der Waals surface area contributed by atoms with E-state index in [0.29, 0.717) is 23.9 Å². The Kier molecular flexibility index (Phi) is 4.20. The van der Waals surface area contributed by atoms with E-state index in [4.69, 9.17) is 4.74 Å². The topological polar surface area (TPSA) is 51.2 Å². The monoisotopic (exact) mass is 322 g/mol. The predicted molar refractivity (Wildman–Crippen MR) is 91.7 cm³/mol. The second kappa shape index (κ2) is 6.63. The molecule has 1 N–H and O–H groups in total. The first-order chi connectivity index (χ1) is 11.8. The largest absolute Gasteiger partial charge is 0.473 e. The molecule has 4 nitrogen and oxygen atoms in total. The first kappa shape index (κ1) is 15.2. The number of pyridine rings is 1. The van der Waals surface area contributed by atoms with Crippen molar-refractivity contribution >= 4 is 5.91 Å². The minimum absolute atomic E-state index is 0.134. The molecule has 2 aliphatic rings. The quantitative estimate of drug-likeness (QED) is 0.915. The summed E-state index contributed by atoms with van der Waals surface area (Å²) >= 11 is 0. The molecule has 3 atom stereocenters. The van der Waals surface area contributed by atoms with E-state index in [-0.39, 0.29) is 12.0 Å². The third-order valence-electron chi connectivity index (χ3n) is 5.25. The van der Waals surface area contributed by atoms with Gasteiger partial charge in [-0.05, 0) is 55.2 Å². The highest BCUT2D eigenvalue weighted by Crippen LogP contribution is 2.46. The zero-order valence-corrected chi connectivity index (χ0v) is 13.7. The zero-order valence-electron chi connectivity index (χ0n) is 13.7. The summed E-state index contributed by atoms with van der Waals surface area (Å²) in [4.78, 5) is 16.9. The van der Waals surface area contributed by atoms with Gasteiger partial charge >= 0.3 is 0 Å². The van der Waals surface area contributed by atoms with Gasteiger partial charge in [0.05, 0.1) is 0 Å². The van der Waals surface area contributed by atoms with Crippen LogP contribution in [0.25, 0.3) is 0 Å². The summed E-state index contributed by atoms with van der Waals surface area (Å²) in [7, 11) is 0. The molecule has 1 aromatic carbocycles. The van der Waals surface area contributed by atoms with Crippen LogP contribution in [0.5, 0.6) is 5.88 Å². The molecule has 124 valence electrons. The fourth-order valence-corrected chi connectivity index (χ4v) is 4.01. The van der Waals surface area contributed by atoms with Crippen molar-refractivity contribution in [3.05, 3.63) is 59.8 Å². The van der Waals surface area contributed by atoms with Crippen molar-refractivity contribution in [1.29, 1.82) is 0 Å². The molecule has 0 saturated heterocycles. The summed E-state index contributed by atoms with van der Waals surface area (Å²) in [5, 5.41) is 2.96. The number of fused-ring (bicyclic) bond motifs is 2. The van der Waals surface area contributed by atoms with Crippen LogP contribution in [0.1, 0.15) is 41.6 Å². The van der Waals surface area contributed by atoms with Gasteiger partial charge in [-0.2, -0.15) is 0 Å². The van der Waals surface area contributed by atoms with Crippen molar-refractivity contribution in [3.63, 3.8) is 0 Å². The van der Waals surface area contributed by atoms with Gasteiger partial charge in [0.25, 0.3) is 5.91 Å². The van der Waals surface area contributed by atoms with Crippen molar-refractivity contribution in [1.82, 2.24) is 10.3 Å². The van der Waals surface area contributed by atoms with Crippen molar-refractivity contribution in [2.45, 2.75) is 38.3 Å². The number of hydrogen-bond acceptors (Lipinski definition) is 3. The number of benzene rings is 1. The van der Waals surface area contributed by atoms with Crippen molar-refractivity contribution < 1.29 is 9.53 Å². The molecular weight excluding hydrogens is 300 g/mol. The molecule has 0 unspecified atom stereocenters. The molecule has 0 radical (unpaired) electrons. The van der Waals surface area contributed by atoms with Crippen LogP contribution in [0.15, 0.2) is 48.7 Å². The highest BCUT2D eigenvalue weighted by atomic mass is 16.5. The molecular formula is C20H22N2O2. The first-order valence-electron chi connectivity index (χ1n) is 8.73. The van der Waals surface area contributed by atoms with Gasteiger partial charge in [0, 0.05) is 12.7 Å². The highest BCUT2D eigenvalue weighted by Gasteiger charge is 2.41. The molecule has 2 aromatic rings. The van der Waals surface area contributed by atoms with Crippen LogP contribution < -0.4 is 10.1 Å². The van der Waals surface area contributed by atoms with Crippen LogP contribution in [0.2, 0.25) is 0 Å². The lowest BCUT2D eigenvalue weighted by Crippen LogP contribution is -2.27. The number of rotatable bonds is 5. The van der Waals surface area contributed by atoms with Gasteiger partial charge in [-0.15, -0.1) is 0 Å². The van der Waals surface area contributed by atoms with Gasteiger partial charge in [-0.3, -0.25) is 4.79 Å². The second-order valence-corrected chi connectivity index (χ2v) is 6.86. The van der Waals surface area contributed by atoms with Crippen LogP contribution in [0.4, 0.5) is 0 Å². The lowest BCUT2D eigenvalue weighted by atomic mass is 9.98. The van der Waals surface area contributed by atoms with Gasteiger partial charge in [-0.25, -0.2) is 4.98 Å². The third-order valence-corrected chi connectivity index (χ3v) is 5.25. The number of hydrogen-bond donors (Lipinski definition) is 1. The Morgan fingerprint density at radius 3 is 2.75 bits per heavy atom. The summed E-state index contributed by atoms with van der Waals surface area (Å²) in [6, 6.07) is 13.5. The first-order valence-corrected chi connectivity index (χ1v) is 8.73. The van der Waals surface area contributed by atoms with Gasteiger partial charge in [0.15, 0.2) is 0 Å². The fourth-order valence-electron chi connectivity index (χ4n) is 4.01. The van der Waals surface area contributed by atoms with E-state index in [0.717, 1.165) is 17.9 Å². The van der Waals surface area contributed by atoms with Gasteiger partial charge < -0.3 is 10.1 Å². The lowest BCUT2D eigenvalue weighted by Gasteiger charge is -2.23. The minimum atomic E-state index is -0.134. The van der Waals surface area contributed by atoms with E-state index >= 15 is 0 Å².